The van der Waals surface area contributed by atoms with Crippen LogP contribution in [0.15, 0.2) is 41.1 Å². The van der Waals surface area contributed by atoms with Gasteiger partial charge in [-0.25, -0.2) is 0 Å². The summed E-state index contributed by atoms with van der Waals surface area (Å²) in [5.41, 5.74) is 3.85. The number of carbonyl (C=O) groups is 1. The molecule has 0 radical (unpaired) electrons. The Morgan fingerprint density at radius 1 is 1.22 bits per heavy atom. The van der Waals surface area contributed by atoms with Crippen LogP contribution < -0.4 is 4.90 Å². The molecule has 1 amide bonds. The van der Waals surface area contributed by atoms with E-state index < -0.39 is 0 Å². The van der Waals surface area contributed by atoms with Crippen LogP contribution in [0.5, 0.6) is 0 Å². The molecule has 2 aliphatic heterocycles. The highest BCUT2D eigenvalue weighted by Gasteiger charge is 2.28. The van der Waals surface area contributed by atoms with Gasteiger partial charge < -0.3 is 4.90 Å². The molecule has 1 aromatic heterocycles. The third kappa shape index (κ3) is 2.93. The fourth-order valence-electron chi connectivity index (χ4n) is 3.91. The van der Waals surface area contributed by atoms with Crippen LogP contribution in [-0.2, 0) is 11.2 Å². The van der Waals surface area contributed by atoms with Gasteiger partial charge in [-0.15, -0.1) is 0 Å². The second kappa shape index (κ2) is 6.46. The summed E-state index contributed by atoms with van der Waals surface area (Å²) < 4.78 is 0. The third-order valence-corrected chi connectivity index (χ3v) is 5.79. The molecule has 3 nitrogen and oxygen atoms in total. The van der Waals surface area contributed by atoms with E-state index in [4.69, 9.17) is 0 Å². The van der Waals surface area contributed by atoms with Crippen LogP contribution in [0, 0.1) is 0 Å². The lowest BCUT2D eigenvalue weighted by Crippen LogP contribution is -2.33. The number of hydrogen-bond donors (Lipinski definition) is 0. The molecular weight excluding hydrogens is 304 g/mol. The average molecular weight is 326 g/mol. The molecule has 1 atom stereocenters. The van der Waals surface area contributed by atoms with Crippen molar-refractivity contribution in [3.05, 3.63) is 52.2 Å². The zero-order chi connectivity index (χ0) is 15.6. The number of fused-ring (bicyclic) bond motifs is 1. The van der Waals surface area contributed by atoms with Crippen molar-refractivity contribution in [3.8, 4) is 0 Å². The molecule has 1 saturated heterocycles. The van der Waals surface area contributed by atoms with E-state index in [0.29, 0.717) is 12.5 Å². The number of hydrogen-bond acceptors (Lipinski definition) is 3. The Morgan fingerprint density at radius 2 is 2.13 bits per heavy atom. The number of amides is 1. The second-order valence-electron chi connectivity index (χ2n) is 6.42. The van der Waals surface area contributed by atoms with Crippen LogP contribution in [0.2, 0.25) is 0 Å². The predicted molar refractivity (Wildman–Crippen MR) is 95.0 cm³/mol. The van der Waals surface area contributed by atoms with Crippen molar-refractivity contribution in [2.45, 2.75) is 31.7 Å². The number of nitrogens with zero attached hydrogens (tertiary/aromatic N) is 2. The van der Waals surface area contributed by atoms with Crippen LogP contribution >= 0.6 is 11.3 Å². The van der Waals surface area contributed by atoms with E-state index in [1.807, 2.05) is 11.0 Å². The van der Waals surface area contributed by atoms with Gasteiger partial charge in [0.05, 0.1) is 0 Å². The fourth-order valence-corrected chi connectivity index (χ4v) is 4.61. The first-order chi connectivity index (χ1) is 11.3. The van der Waals surface area contributed by atoms with Crippen LogP contribution in [0.1, 0.15) is 36.4 Å². The summed E-state index contributed by atoms with van der Waals surface area (Å²) in [5.74, 6) is 0.269. The summed E-state index contributed by atoms with van der Waals surface area (Å²) in [7, 11) is 0. The number of thiophene rings is 1. The molecule has 0 saturated carbocycles. The molecule has 120 valence electrons. The second-order valence-corrected chi connectivity index (χ2v) is 7.20. The molecule has 2 aliphatic rings. The maximum Gasteiger partial charge on any atom is 0.228 e. The van der Waals surface area contributed by atoms with Gasteiger partial charge in [-0.3, -0.25) is 9.69 Å². The van der Waals surface area contributed by atoms with E-state index >= 15 is 0 Å². The number of rotatable bonds is 4. The topological polar surface area (TPSA) is 23.6 Å². The first-order valence-corrected chi connectivity index (χ1v) is 9.41. The molecular formula is C19H22N2OS. The van der Waals surface area contributed by atoms with E-state index in [2.05, 4.69) is 39.9 Å². The maximum absolute atomic E-state index is 12.7. The lowest BCUT2D eigenvalue weighted by molar-refractivity contribution is -0.118. The van der Waals surface area contributed by atoms with Gasteiger partial charge in [-0.05, 0) is 59.8 Å². The zero-order valence-electron chi connectivity index (χ0n) is 13.3. The average Bonchev–Trinajstić information content (AvgIpc) is 3.30. The van der Waals surface area contributed by atoms with Crippen molar-refractivity contribution in [1.82, 2.24) is 4.90 Å². The summed E-state index contributed by atoms with van der Waals surface area (Å²) >= 11 is 1.76. The Labute approximate surface area is 141 Å². The highest BCUT2D eigenvalue weighted by Crippen LogP contribution is 2.33. The van der Waals surface area contributed by atoms with E-state index in [-0.39, 0.29) is 5.91 Å². The van der Waals surface area contributed by atoms with Crippen molar-refractivity contribution in [2.75, 3.05) is 24.5 Å². The molecule has 0 spiro atoms. The normalized spacial score (nSPS) is 20.9. The maximum atomic E-state index is 12.7. The first-order valence-electron chi connectivity index (χ1n) is 8.47. The van der Waals surface area contributed by atoms with Crippen LogP contribution in [0.3, 0.4) is 0 Å². The van der Waals surface area contributed by atoms with Crippen LogP contribution in [0.4, 0.5) is 5.69 Å². The van der Waals surface area contributed by atoms with E-state index in [1.165, 1.54) is 24.0 Å². The number of benzene rings is 1. The largest absolute Gasteiger partial charge is 0.312 e. The Bertz CT molecular complexity index is 682. The summed E-state index contributed by atoms with van der Waals surface area (Å²) in [6.07, 6.45) is 4.07. The van der Waals surface area contributed by atoms with Gasteiger partial charge in [0.1, 0.15) is 0 Å². The summed E-state index contributed by atoms with van der Waals surface area (Å²) in [6, 6.07) is 11.0. The van der Waals surface area contributed by atoms with Gasteiger partial charge in [-0.2, -0.15) is 11.3 Å². The molecule has 23 heavy (non-hydrogen) atoms. The quantitative estimate of drug-likeness (QED) is 0.851. The number of carbonyl (C=O) groups excluding carboxylic acids is 1. The van der Waals surface area contributed by atoms with Crippen molar-refractivity contribution >= 4 is 22.9 Å². The highest BCUT2D eigenvalue weighted by atomic mass is 32.1. The Kier molecular flexibility index (Phi) is 4.19. The van der Waals surface area contributed by atoms with Crippen molar-refractivity contribution in [1.29, 1.82) is 0 Å². The number of likely N-dealkylation sites (tertiary alicyclic amines) is 1. The summed E-state index contributed by atoms with van der Waals surface area (Å²) in [5, 5.41) is 4.40. The molecule has 3 heterocycles. The van der Waals surface area contributed by atoms with Crippen molar-refractivity contribution < 1.29 is 4.79 Å². The fraction of sp³-hybridized carbons (Fsp3) is 0.421. The van der Waals surface area contributed by atoms with Gasteiger partial charge in [-0.1, -0.05) is 18.2 Å². The SMILES string of the molecule is O=C(CCN1CCCC1c1ccsc1)N1CCc2ccccc21. The molecule has 0 aliphatic carbocycles. The smallest absolute Gasteiger partial charge is 0.228 e. The highest BCUT2D eigenvalue weighted by molar-refractivity contribution is 7.07. The summed E-state index contributed by atoms with van der Waals surface area (Å²) in [6.45, 7) is 2.83. The standard InChI is InChI=1S/C19H22N2OS/c22-19(21-12-7-15-4-1-2-5-18(15)21)8-11-20-10-3-6-17(20)16-9-13-23-14-16/h1-2,4-5,9,13-14,17H,3,6-8,10-12H2. The molecule has 4 heteroatoms. The van der Waals surface area contributed by atoms with Crippen LogP contribution in [-0.4, -0.2) is 30.4 Å². The van der Waals surface area contributed by atoms with E-state index in [0.717, 1.165) is 31.7 Å². The van der Waals surface area contributed by atoms with Gasteiger partial charge >= 0.3 is 0 Å². The van der Waals surface area contributed by atoms with Gasteiger partial charge in [0, 0.05) is 31.2 Å². The minimum atomic E-state index is 0.269. The predicted octanol–water partition coefficient (Wildman–Crippen LogP) is 3.86. The number of anilines is 1. The molecule has 2 aromatic rings. The number of para-hydroxylation sites is 1. The lowest BCUT2D eigenvalue weighted by atomic mass is 10.1. The molecule has 0 bridgehead atoms. The zero-order valence-corrected chi connectivity index (χ0v) is 14.1. The molecule has 0 N–H and O–H groups in total. The van der Waals surface area contributed by atoms with E-state index in [1.54, 1.807) is 11.3 Å². The van der Waals surface area contributed by atoms with E-state index in [9.17, 15) is 4.79 Å². The minimum absolute atomic E-state index is 0.269. The van der Waals surface area contributed by atoms with Crippen molar-refractivity contribution in [3.63, 3.8) is 0 Å². The van der Waals surface area contributed by atoms with Gasteiger partial charge in [0.15, 0.2) is 0 Å². The van der Waals surface area contributed by atoms with Gasteiger partial charge in [0.25, 0.3) is 0 Å². The Hall–Kier alpha value is -1.65. The molecule has 1 unspecified atom stereocenters. The van der Waals surface area contributed by atoms with Crippen molar-refractivity contribution in [2.24, 2.45) is 0 Å². The van der Waals surface area contributed by atoms with Gasteiger partial charge in [0.2, 0.25) is 5.91 Å². The first kappa shape index (κ1) is 14.9. The van der Waals surface area contributed by atoms with Crippen LogP contribution in [0.25, 0.3) is 0 Å². The Morgan fingerprint density at radius 3 is 3.00 bits per heavy atom. The minimum Gasteiger partial charge on any atom is -0.312 e. The monoisotopic (exact) mass is 326 g/mol. The Balaban J connectivity index is 1.39. The summed E-state index contributed by atoms with van der Waals surface area (Å²) in [4.78, 5) is 17.1. The lowest BCUT2D eigenvalue weighted by Gasteiger charge is -2.25. The molecule has 4 rings (SSSR count). The molecule has 1 fully saturated rings. The molecule has 1 aromatic carbocycles. The third-order valence-electron chi connectivity index (χ3n) is 5.09.